The molecule has 0 spiro atoms. The van der Waals surface area contributed by atoms with E-state index in [9.17, 15) is 15.0 Å². The van der Waals surface area contributed by atoms with Crippen LogP contribution in [0.3, 0.4) is 0 Å². The summed E-state index contributed by atoms with van der Waals surface area (Å²) in [4.78, 5) is 18.6. The fourth-order valence-corrected chi connectivity index (χ4v) is 9.97. The number of ether oxygens (including phenoxy) is 2. The molecule has 2 aromatic carbocycles. The molecule has 1 unspecified atom stereocenters. The van der Waals surface area contributed by atoms with Gasteiger partial charge in [-0.15, -0.1) is 5.92 Å². The van der Waals surface area contributed by atoms with Crippen molar-refractivity contribution in [3.05, 3.63) is 70.3 Å². The number of carbonyl (C=O) groups excluding carboxylic acids is 1. The lowest BCUT2D eigenvalue weighted by molar-refractivity contribution is -0.114. The molecule has 0 heterocycles. The number of phenols is 1. The summed E-state index contributed by atoms with van der Waals surface area (Å²) >= 11 is 0. The normalized spacial score (nSPS) is 25.4. The van der Waals surface area contributed by atoms with Crippen LogP contribution in [-0.4, -0.2) is 54.4 Å². The van der Waals surface area contributed by atoms with E-state index in [1.165, 1.54) is 31.2 Å². The molecular formula is C50H67N3O5. The summed E-state index contributed by atoms with van der Waals surface area (Å²) in [5.74, 6) is 15.7. The fourth-order valence-electron chi connectivity index (χ4n) is 9.97. The van der Waals surface area contributed by atoms with Gasteiger partial charge in [-0.3, -0.25) is 4.79 Å². The lowest BCUT2D eigenvalue weighted by Crippen LogP contribution is -2.33. The minimum Gasteiger partial charge on any atom is -0.504 e. The third kappa shape index (κ3) is 11.9. The van der Waals surface area contributed by atoms with Gasteiger partial charge in [0.25, 0.3) is 0 Å². The third-order valence-corrected chi connectivity index (χ3v) is 13.2. The second-order valence-electron chi connectivity index (χ2n) is 17.6. The van der Waals surface area contributed by atoms with Crippen LogP contribution in [0, 0.1) is 53.3 Å². The van der Waals surface area contributed by atoms with Crippen LogP contribution in [0.25, 0.3) is 0 Å². The van der Waals surface area contributed by atoms with Gasteiger partial charge in [-0.05, 0) is 130 Å². The summed E-state index contributed by atoms with van der Waals surface area (Å²) in [6.45, 7) is 2.65. The Hall–Kier alpha value is -4.24. The number of hydrogen-bond donors (Lipinski definition) is 4. The number of methoxy groups -OCH3 is 1. The Kier molecular flexibility index (Phi) is 16.2. The average molecular weight is 790 g/mol. The van der Waals surface area contributed by atoms with Gasteiger partial charge < -0.3 is 31.2 Å². The minimum atomic E-state index is -0.320. The fraction of sp³-hybridized carbons (Fsp3) is 0.600. The number of carbonyl (C=O) groups is 1. The number of aromatic hydroxyl groups is 1. The number of allylic oxidation sites excluding steroid dienone is 1. The lowest BCUT2D eigenvalue weighted by Gasteiger charge is -2.33. The van der Waals surface area contributed by atoms with E-state index >= 15 is 0 Å². The number of fused-ring (bicyclic) bond motifs is 8. The van der Waals surface area contributed by atoms with Gasteiger partial charge in [0.1, 0.15) is 0 Å². The Labute approximate surface area is 347 Å². The summed E-state index contributed by atoms with van der Waals surface area (Å²) in [6, 6.07) is 12.0. The molecule has 5 aliphatic rings. The standard InChI is InChI=1S/C50H67N3O5/c1-34-11-10-16-38(29-36-14-4-3-5-15-36)43-26-27-44-39(22-24-41(55)30-37(32-54)21-20-35-12-6-7-13-35)31-47(58-42-17-8-9-18-42)49(56)48(44)45(25-19-34)40(33-57-2)23-28-46(43)53-50(51)52/h3-5,14-15,30-31,34-35,38,40,42-43,45-46,54,56H,6-9,11-13,17-25,28-29,32-33H2,1-2H3,(H4,51,52,53)/t34-,38+,40+,43+,45?,46-/m1/s1. The highest BCUT2D eigenvalue weighted by atomic mass is 16.5. The number of nitrogens with two attached hydrogens (primary N) is 2. The molecule has 0 radical (unpaired) electrons. The Morgan fingerprint density at radius 2 is 1.72 bits per heavy atom. The van der Waals surface area contributed by atoms with E-state index < -0.39 is 0 Å². The van der Waals surface area contributed by atoms with E-state index in [1.54, 1.807) is 13.2 Å². The molecule has 0 amide bonds. The number of benzene rings is 2. The summed E-state index contributed by atoms with van der Waals surface area (Å²) in [6.07, 6.45) is 17.9. The summed E-state index contributed by atoms with van der Waals surface area (Å²) in [7, 11) is 1.74. The first-order chi connectivity index (χ1) is 28.2. The highest BCUT2D eigenvalue weighted by Crippen LogP contribution is 2.48. The van der Waals surface area contributed by atoms with E-state index in [4.69, 9.17) is 25.9 Å². The van der Waals surface area contributed by atoms with E-state index in [2.05, 4.69) is 54.9 Å². The van der Waals surface area contributed by atoms with Crippen molar-refractivity contribution < 1.29 is 24.5 Å². The molecular weight excluding hydrogens is 723 g/mol. The van der Waals surface area contributed by atoms with E-state index in [1.807, 2.05) is 12.1 Å². The van der Waals surface area contributed by atoms with Crippen LogP contribution in [0.1, 0.15) is 138 Å². The minimum absolute atomic E-state index is 0.0131. The topological polar surface area (TPSA) is 140 Å². The molecule has 7 rings (SSSR count). The first kappa shape index (κ1) is 43.3. The van der Waals surface area contributed by atoms with Gasteiger partial charge in [0, 0.05) is 43.6 Å². The van der Waals surface area contributed by atoms with Crippen LogP contribution in [0.2, 0.25) is 0 Å². The maximum Gasteiger partial charge on any atom is 0.186 e. The molecule has 6 N–H and O–H groups in total. The highest BCUT2D eigenvalue weighted by Gasteiger charge is 2.36. The number of aryl methyl sites for hydroxylation is 1. The third-order valence-electron chi connectivity index (χ3n) is 13.2. The maximum atomic E-state index is 13.7. The first-order valence-electron chi connectivity index (χ1n) is 22.2. The number of nitrogens with zero attached hydrogens (tertiary/aromatic N) is 1. The van der Waals surface area contributed by atoms with Crippen LogP contribution in [-0.2, 0) is 22.4 Å². The SMILES string of the molecule is COC[C@@H]1CC[C@@H](N=C(N)N)[C@H]2C#Cc3c(CCC(=O)C=C(CO)CCC4CCCC4)cc(OC4CCCC4)c(O)c3C1CC[C@H](C)CC#C[C@H]2Cc1ccccc1. The quantitative estimate of drug-likeness (QED) is 0.0614. The van der Waals surface area contributed by atoms with Gasteiger partial charge in [0.15, 0.2) is 23.2 Å². The molecule has 2 bridgehead atoms. The van der Waals surface area contributed by atoms with Gasteiger partial charge >= 0.3 is 0 Å². The van der Waals surface area contributed by atoms with E-state index in [0.29, 0.717) is 43.5 Å². The number of guanidine groups is 1. The first-order valence-corrected chi connectivity index (χ1v) is 22.2. The Bertz CT molecular complexity index is 1850. The van der Waals surface area contributed by atoms with Crippen molar-refractivity contribution in [1.29, 1.82) is 0 Å². The summed E-state index contributed by atoms with van der Waals surface area (Å²) in [5.41, 5.74) is 16.7. The zero-order chi connectivity index (χ0) is 40.9. The average Bonchev–Trinajstić information content (AvgIpc) is 3.94. The van der Waals surface area contributed by atoms with Gasteiger partial charge in [-0.1, -0.05) is 80.7 Å². The van der Waals surface area contributed by atoms with Crippen LogP contribution in [0.15, 0.2) is 53.0 Å². The molecule has 8 heteroatoms. The van der Waals surface area contributed by atoms with Crippen molar-refractivity contribution in [3.63, 3.8) is 0 Å². The largest absolute Gasteiger partial charge is 0.504 e. The van der Waals surface area contributed by atoms with Crippen LogP contribution in [0.5, 0.6) is 11.5 Å². The predicted molar refractivity (Wildman–Crippen MR) is 232 cm³/mol. The molecule has 0 aliphatic heterocycles. The molecule has 2 aromatic rings. The Balaban J connectivity index is 1.49. The van der Waals surface area contributed by atoms with Crippen molar-refractivity contribution in [3.8, 4) is 35.2 Å². The van der Waals surface area contributed by atoms with E-state index in [0.717, 1.165) is 86.5 Å². The number of rotatable bonds is 15. The van der Waals surface area contributed by atoms with Crippen molar-refractivity contribution in [2.75, 3.05) is 20.3 Å². The monoisotopic (exact) mass is 790 g/mol. The van der Waals surface area contributed by atoms with Crippen LogP contribution < -0.4 is 16.2 Å². The number of hydrogen-bond acceptors (Lipinski definition) is 6. The molecule has 8 nitrogen and oxygen atoms in total. The zero-order valence-corrected chi connectivity index (χ0v) is 35.0. The second kappa shape index (κ2) is 21.7. The molecule has 6 atom stereocenters. The number of aliphatic imine (C=N–C) groups is 1. The lowest BCUT2D eigenvalue weighted by atomic mass is 9.73. The van der Waals surface area contributed by atoms with Crippen LogP contribution >= 0.6 is 0 Å². The zero-order valence-electron chi connectivity index (χ0n) is 35.0. The van der Waals surface area contributed by atoms with Crippen molar-refractivity contribution in [1.82, 2.24) is 0 Å². The predicted octanol–water partition coefficient (Wildman–Crippen LogP) is 8.54. The van der Waals surface area contributed by atoms with Gasteiger partial charge in [-0.2, -0.15) is 0 Å². The maximum absolute atomic E-state index is 13.7. The number of phenolic OH excluding ortho intramolecular Hbond substituents is 1. The molecule has 0 saturated heterocycles. The molecule has 58 heavy (non-hydrogen) atoms. The van der Waals surface area contributed by atoms with Crippen molar-refractivity contribution in [2.45, 2.75) is 141 Å². The molecule has 0 aromatic heterocycles. The summed E-state index contributed by atoms with van der Waals surface area (Å²) in [5, 5.41) is 22.7. The number of aliphatic hydroxyl groups is 1. The molecule has 5 aliphatic carbocycles. The molecule has 2 fully saturated rings. The van der Waals surface area contributed by atoms with Gasteiger partial charge in [0.2, 0.25) is 0 Å². The molecule has 312 valence electrons. The Morgan fingerprint density at radius 3 is 2.45 bits per heavy atom. The summed E-state index contributed by atoms with van der Waals surface area (Å²) < 4.78 is 12.6. The van der Waals surface area contributed by atoms with Crippen LogP contribution in [0.4, 0.5) is 0 Å². The Morgan fingerprint density at radius 1 is 0.966 bits per heavy atom. The number of aliphatic hydroxyl groups excluding tert-OH is 1. The molecule has 2 saturated carbocycles. The second-order valence-corrected chi connectivity index (χ2v) is 17.6. The van der Waals surface area contributed by atoms with Crippen molar-refractivity contribution in [2.24, 2.45) is 46.0 Å². The number of ketones is 1. The smallest absolute Gasteiger partial charge is 0.186 e. The van der Waals surface area contributed by atoms with E-state index in [-0.39, 0.29) is 66.3 Å². The van der Waals surface area contributed by atoms with Gasteiger partial charge in [0.05, 0.1) is 24.7 Å². The van der Waals surface area contributed by atoms with Crippen molar-refractivity contribution >= 4 is 11.7 Å². The highest BCUT2D eigenvalue weighted by molar-refractivity contribution is 5.90. The van der Waals surface area contributed by atoms with Gasteiger partial charge in [-0.25, -0.2) is 4.99 Å².